The molecule has 0 heterocycles. The van der Waals surface area contributed by atoms with Gasteiger partial charge in [-0.1, -0.05) is 23.7 Å². The number of hydrazine groups is 1. The largest absolute Gasteiger partial charge is 0.464 e. The number of nitro benzene ring substituents is 1. The highest BCUT2D eigenvalue weighted by Crippen LogP contribution is 2.22. The predicted molar refractivity (Wildman–Crippen MR) is 66.1 cm³/mol. The number of nitro groups is 1. The van der Waals surface area contributed by atoms with E-state index in [0.717, 1.165) is 0 Å². The Morgan fingerprint density at radius 1 is 1.56 bits per heavy atom. The second-order valence-electron chi connectivity index (χ2n) is 3.16. The summed E-state index contributed by atoms with van der Waals surface area (Å²) >= 11 is 5.67. The fourth-order valence-electron chi connectivity index (χ4n) is 1.15. The lowest BCUT2D eigenvalue weighted by atomic mass is 10.3. The van der Waals surface area contributed by atoms with Crippen molar-refractivity contribution < 1.29 is 14.5 Å². The summed E-state index contributed by atoms with van der Waals surface area (Å²) in [6, 6.07) is 5.97. The quantitative estimate of drug-likeness (QED) is 0.269. The number of nitrogens with zero attached hydrogens (tertiary/aromatic N) is 1. The van der Waals surface area contributed by atoms with Crippen molar-refractivity contribution in [1.29, 1.82) is 0 Å². The van der Waals surface area contributed by atoms with Crippen molar-refractivity contribution in [2.75, 3.05) is 12.0 Å². The third kappa shape index (κ3) is 3.86. The zero-order valence-electron chi connectivity index (χ0n) is 9.55. The molecule has 0 aliphatic carbocycles. The van der Waals surface area contributed by atoms with Gasteiger partial charge in [-0.2, -0.15) is 0 Å². The Bertz CT molecular complexity index is 441. The van der Waals surface area contributed by atoms with Gasteiger partial charge < -0.3 is 10.2 Å². The molecule has 0 saturated carbocycles. The topological polar surface area (TPSA) is 93.5 Å². The van der Waals surface area contributed by atoms with Gasteiger partial charge in [0.05, 0.1) is 11.5 Å². The van der Waals surface area contributed by atoms with Crippen molar-refractivity contribution in [2.24, 2.45) is 0 Å². The molecule has 0 aliphatic heterocycles. The number of carbonyl (C=O) groups excluding carboxylic acids is 1. The molecule has 18 heavy (non-hydrogen) atoms. The van der Waals surface area contributed by atoms with E-state index in [1.165, 1.54) is 18.2 Å². The molecule has 0 spiro atoms. The number of esters is 1. The number of anilines is 1. The molecule has 2 N–H and O–H groups in total. The number of carbonyl (C=O) groups is 1. The SMILES string of the molecule is CCOC(=O)[C@@H](Cl)NNc1ccccc1[N+](=O)[O-]. The van der Waals surface area contributed by atoms with E-state index in [2.05, 4.69) is 15.6 Å². The summed E-state index contributed by atoms with van der Waals surface area (Å²) < 4.78 is 4.66. The van der Waals surface area contributed by atoms with Crippen LogP contribution in [0.1, 0.15) is 6.92 Å². The van der Waals surface area contributed by atoms with Crippen LogP contribution in [-0.4, -0.2) is 23.0 Å². The van der Waals surface area contributed by atoms with E-state index in [1.807, 2.05) is 0 Å². The van der Waals surface area contributed by atoms with Crippen molar-refractivity contribution in [3.63, 3.8) is 0 Å². The van der Waals surface area contributed by atoms with E-state index >= 15 is 0 Å². The van der Waals surface area contributed by atoms with Crippen LogP contribution in [0.5, 0.6) is 0 Å². The van der Waals surface area contributed by atoms with Crippen molar-refractivity contribution in [3.05, 3.63) is 34.4 Å². The second-order valence-corrected chi connectivity index (χ2v) is 3.59. The fourth-order valence-corrected chi connectivity index (χ4v) is 1.27. The number of hydrogen-bond donors (Lipinski definition) is 2. The van der Waals surface area contributed by atoms with Gasteiger partial charge in [0.25, 0.3) is 5.69 Å². The van der Waals surface area contributed by atoms with E-state index in [9.17, 15) is 14.9 Å². The zero-order chi connectivity index (χ0) is 13.5. The van der Waals surface area contributed by atoms with Crippen LogP contribution in [0.2, 0.25) is 0 Å². The molecule has 0 radical (unpaired) electrons. The second kappa shape index (κ2) is 6.77. The minimum atomic E-state index is -1.13. The molecule has 0 unspecified atom stereocenters. The Labute approximate surface area is 108 Å². The maximum Gasteiger partial charge on any atom is 0.340 e. The number of halogens is 1. The lowest BCUT2D eigenvalue weighted by Gasteiger charge is -2.12. The van der Waals surface area contributed by atoms with Crippen LogP contribution in [0.15, 0.2) is 24.3 Å². The predicted octanol–water partition coefficient (Wildman–Crippen LogP) is 1.64. The highest BCUT2D eigenvalue weighted by molar-refractivity contribution is 6.29. The average molecular weight is 274 g/mol. The molecule has 1 aromatic carbocycles. The Morgan fingerprint density at radius 3 is 2.83 bits per heavy atom. The van der Waals surface area contributed by atoms with Gasteiger partial charge >= 0.3 is 5.97 Å². The Hall–Kier alpha value is -1.86. The van der Waals surface area contributed by atoms with Crippen LogP contribution in [0, 0.1) is 10.1 Å². The molecule has 8 heteroatoms. The number of nitrogens with one attached hydrogen (secondary N) is 2. The molecule has 0 saturated heterocycles. The summed E-state index contributed by atoms with van der Waals surface area (Å²) in [6.07, 6.45) is 0. The van der Waals surface area contributed by atoms with Crippen LogP contribution in [-0.2, 0) is 9.53 Å². The van der Waals surface area contributed by atoms with Gasteiger partial charge in [-0.25, -0.2) is 10.2 Å². The summed E-state index contributed by atoms with van der Waals surface area (Å²) in [5.74, 6) is -0.662. The zero-order valence-corrected chi connectivity index (χ0v) is 10.3. The van der Waals surface area contributed by atoms with Crippen molar-refractivity contribution in [2.45, 2.75) is 12.4 Å². The summed E-state index contributed by atoms with van der Waals surface area (Å²) in [4.78, 5) is 21.4. The average Bonchev–Trinajstić information content (AvgIpc) is 2.36. The molecule has 0 fully saturated rings. The maximum atomic E-state index is 11.2. The Morgan fingerprint density at radius 2 is 2.22 bits per heavy atom. The van der Waals surface area contributed by atoms with Gasteiger partial charge in [-0.3, -0.25) is 10.1 Å². The number of alkyl halides is 1. The number of ether oxygens (including phenoxy) is 1. The molecule has 1 aromatic rings. The van der Waals surface area contributed by atoms with Crippen LogP contribution in [0.4, 0.5) is 11.4 Å². The molecule has 0 aliphatic rings. The van der Waals surface area contributed by atoms with Crippen molar-refractivity contribution in [1.82, 2.24) is 5.43 Å². The number of rotatable bonds is 6. The molecular weight excluding hydrogens is 262 g/mol. The van der Waals surface area contributed by atoms with Crippen LogP contribution >= 0.6 is 11.6 Å². The first-order chi connectivity index (χ1) is 8.56. The summed E-state index contributed by atoms with van der Waals surface area (Å²) in [7, 11) is 0. The molecule has 7 nitrogen and oxygen atoms in total. The fraction of sp³-hybridized carbons (Fsp3) is 0.300. The maximum absolute atomic E-state index is 11.2. The highest BCUT2D eigenvalue weighted by atomic mass is 35.5. The van der Waals surface area contributed by atoms with Crippen molar-refractivity contribution in [3.8, 4) is 0 Å². The van der Waals surface area contributed by atoms with E-state index in [0.29, 0.717) is 0 Å². The monoisotopic (exact) mass is 273 g/mol. The van der Waals surface area contributed by atoms with E-state index in [1.54, 1.807) is 13.0 Å². The molecule has 1 rings (SSSR count). The number of benzene rings is 1. The van der Waals surface area contributed by atoms with Gasteiger partial charge in [0.1, 0.15) is 5.69 Å². The lowest BCUT2D eigenvalue weighted by molar-refractivity contribution is -0.384. The highest BCUT2D eigenvalue weighted by Gasteiger charge is 2.18. The first-order valence-electron chi connectivity index (χ1n) is 5.12. The number of hydrogen-bond acceptors (Lipinski definition) is 6. The molecule has 0 amide bonds. The third-order valence-corrected chi connectivity index (χ3v) is 2.22. The standard InChI is InChI=1S/C10H12ClN3O4/c1-2-18-10(15)9(11)13-12-7-5-3-4-6-8(7)14(16)17/h3-6,9,12-13H,2H2,1H3/t9-/m0/s1. The molecule has 1 atom stereocenters. The van der Waals surface area contributed by atoms with Gasteiger partial charge in [0, 0.05) is 6.07 Å². The normalized spacial score (nSPS) is 11.7. The summed E-state index contributed by atoms with van der Waals surface area (Å²) in [5, 5.41) is 10.7. The van der Waals surface area contributed by atoms with Crippen LogP contribution in [0.25, 0.3) is 0 Å². The molecule has 0 bridgehead atoms. The molecule has 0 aromatic heterocycles. The minimum Gasteiger partial charge on any atom is -0.464 e. The van der Waals surface area contributed by atoms with E-state index in [-0.39, 0.29) is 18.0 Å². The molecule has 98 valence electrons. The Kier molecular flexibility index (Phi) is 5.34. The third-order valence-electron chi connectivity index (χ3n) is 1.93. The van der Waals surface area contributed by atoms with E-state index in [4.69, 9.17) is 11.6 Å². The summed E-state index contributed by atoms with van der Waals surface area (Å²) in [6.45, 7) is 1.85. The minimum absolute atomic E-state index is 0.127. The van der Waals surface area contributed by atoms with E-state index < -0.39 is 16.4 Å². The van der Waals surface area contributed by atoms with Gasteiger partial charge in [0.15, 0.2) is 5.50 Å². The van der Waals surface area contributed by atoms with Crippen LogP contribution < -0.4 is 10.9 Å². The van der Waals surface area contributed by atoms with Gasteiger partial charge in [-0.15, -0.1) is 0 Å². The van der Waals surface area contributed by atoms with Gasteiger partial charge in [-0.05, 0) is 13.0 Å². The van der Waals surface area contributed by atoms with Crippen LogP contribution in [0.3, 0.4) is 0 Å². The molecular formula is C10H12ClN3O4. The number of para-hydroxylation sites is 2. The Balaban J connectivity index is 2.63. The van der Waals surface area contributed by atoms with Gasteiger partial charge in [0.2, 0.25) is 0 Å². The first-order valence-corrected chi connectivity index (χ1v) is 5.55. The van der Waals surface area contributed by atoms with Crippen molar-refractivity contribution >= 4 is 28.9 Å². The first kappa shape index (κ1) is 14.2. The smallest absolute Gasteiger partial charge is 0.340 e. The lowest BCUT2D eigenvalue weighted by Crippen LogP contribution is -2.37. The summed E-state index contributed by atoms with van der Waals surface area (Å²) in [5.41, 5.74) is 3.87.